The molecule has 0 aliphatic rings. The summed E-state index contributed by atoms with van der Waals surface area (Å²) >= 11 is 0. The third kappa shape index (κ3) is 3.68. The second-order valence-electron chi connectivity index (χ2n) is 4.68. The van der Waals surface area contributed by atoms with E-state index in [0.717, 1.165) is 0 Å². The Morgan fingerprint density at radius 2 is 0.821 bits per heavy atom. The zero-order chi connectivity index (χ0) is 22.7. The standard InChI is InChI=1S/C8H3F15O3S.H3N/c9-1(10)3(12,13)5(16,17)7(20,21)8(22,23)6(18,19)4(14,15)2(11)27(24,25)26;/h1-2H,(H,24,25,26);1H3. The van der Waals surface area contributed by atoms with Gasteiger partial charge >= 0.3 is 52.1 Å². The van der Waals surface area contributed by atoms with Crippen LogP contribution < -0.4 is 6.15 Å². The summed E-state index contributed by atoms with van der Waals surface area (Å²) < 4.78 is 218. The Labute approximate surface area is 144 Å². The molecule has 4 N–H and O–H groups in total. The maximum absolute atomic E-state index is 13.0. The van der Waals surface area contributed by atoms with Gasteiger partial charge in [0.25, 0.3) is 5.50 Å². The van der Waals surface area contributed by atoms with Crippen LogP contribution in [0.15, 0.2) is 0 Å². The van der Waals surface area contributed by atoms with Gasteiger partial charge in [0, 0.05) is 0 Å². The van der Waals surface area contributed by atoms with Crippen LogP contribution in [0.25, 0.3) is 0 Å². The summed E-state index contributed by atoms with van der Waals surface area (Å²) in [6.45, 7) is 0. The molecular weight excluding hydrogens is 475 g/mol. The van der Waals surface area contributed by atoms with Crippen molar-refractivity contribution >= 4 is 10.1 Å². The highest BCUT2D eigenvalue weighted by Gasteiger charge is 2.92. The van der Waals surface area contributed by atoms with E-state index < -0.39 is 57.6 Å². The lowest BCUT2D eigenvalue weighted by Gasteiger charge is -2.41. The average molecular weight is 481 g/mol. The van der Waals surface area contributed by atoms with Gasteiger partial charge in [-0.2, -0.15) is 61.1 Å². The van der Waals surface area contributed by atoms with Crippen molar-refractivity contribution in [3.63, 3.8) is 0 Å². The first-order valence-electron chi connectivity index (χ1n) is 5.50. The predicted octanol–water partition coefficient (Wildman–Crippen LogP) is 4.41. The quantitative estimate of drug-likeness (QED) is 0.397. The number of rotatable bonds is 8. The Balaban J connectivity index is 0. The van der Waals surface area contributed by atoms with Crippen molar-refractivity contribution < 1.29 is 78.8 Å². The van der Waals surface area contributed by atoms with Crippen LogP contribution >= 0.6 is 0 Å². The third-order valence-corrected chi connectivity index (χ3v) is 3.66. The minimum absolute atomic E-state index is 0. The van der Waals surface area contributed by atoms with Gasteiger partial charge in [0.2, 0.25) is 0 Å². The van der Waals surface area contributed by atoms with Crippen molar-refractivity contribution in [2.24, 2.45) is 0 Å². The SMILES string of the molecule is N.O=S(=O)(O)C(F)C(F)(F)C(F)(F)C(F)(F)C(F)(F)C(F)(F)C(F)(F)C(F)F. The number of hydrogen-bond acceptors (Lipinski definition) is 3. The van der Waals surface area contributed by atoms with Crippen LogP contribution in [0.4, 0.5) is 65.9 Å². The predicted molar refractivity (Wildman–Crippen MR) is 57.2 cm³/mol. The van der Waals surface area contributed by atoms with Crippen LogP contribution in [0.1, 0.15) is 0 Å². The zero-order valence-corrected chi connectivity index (χ0v) is 13.0. The molecule has 20 heteroatoms. The molecule has 0 fully saturated rings. The normalized spacial score (nSPS) is 16.8. The maximum Gasteiger partial charge on any atom is 0.384 e. The molecule has 4 nitrogen and oxygen atoms in total. The van der Waals surface area contributed by atoms with Crippen LogP contribution in [0.5, 0.6) is 0 Å². The Morgan fingerprint density at radius 1 is 0.571 bits per heavy atom. The van der Waals surface area contributed by atoms with Gasteiger partial charge in [-0.3, -0.25) is 4.55 Å². The van der Waals surface area contributed by atoms with Crippen LogP contribution in [-0.4, -0.2) is 60.4 Å². The average Bonchev–Trinajstić information content (AvgIpc) is 2.43. The molecule has 0 aliphatic carbocycles. The summed E-state index contributed by atoms with van der Waals surface area (Å²) in [5.41, 5.74) is -5.83. The summed E-state index contributed by atoms with van der Waals surface area (Å²) in [6.07, 6.45) is -5.89. The molecule has 0 radical (unpaired) electrons. The van der Waals surface area contributed by atoms with E-state index in [2.05, 4.69) is 0 Å². The van der Waals surface area contributed by atoms with E-state index in [1.165, 1.54) is 0 Å². The first-order chi connectivity index (χ1) is 11.3. The third-order valence-electron chi connectivity index (χ3n) is 2.84. The summed E-state index contributed by atoms with van der Waals surface area (Å²) in [4.78, 5) is 0. The van der Waals surface area contributed by atoms with Gasteiger partial charge in [0.05, 0.1) is 0 Å². The Kier molecular flexibility index (Phi) is 7.52. The molecular formula is C8H6F15NO3S. The van der Waals surface area contributed by atoms with E-state index >= 15 is 0 Å². The highest BCUT2D eigenvalue weighted by atomic mass is 32.2. The molecule has 0 saturated carbocycles. The Morgan fingerprint density at radius 3 is 1.04 bits per heavy atom. The Bertz CT molecular complexity index is 660. The fourth-order valence-corrected chi connectivity index (χ4v) is 1.80. The topological polar surface area (TPSA) is 89.4 Å². The van der Waals surface area contributed by atoms with Crippen molar-refractivity contribution in [3.05, 3.63) is 0 Å². The molecule has 0 aromatic rings. The molecule has 0 rings (SSSR count). The van der Waals surface area contributed by atoms with Crippen molar-refractivity contribution in [1.29, 1.82) is 0 Å². The van der Waals surface area contributed by atoms with E-state index in [-0.39, 0.29) is 6.15 Å². The number of alkyl halides is 15. The van der Waals surface area contributed by atoms with Gasteiger partial charge in [0.1, 0.15) is 0 Å². The lowest BCUT2D eigenvalue weighted by atomic mass is 9.91. The van der Waals surface area contributed by atoms with Gasteiger partial charge in [-0.05, 0) is 0 Å². The van der Waals surface area contributed by atoms with Gasteiger partial charge in [-0.25, -0.2) is 13.2 Å². The molecule has 0 aromatic carbocycles. The molecule has 0 amide bonds. The molecule has 0 heterocycles. The number of hydrogen-bond donors (Lipinski definition) is 2. The van der Waals surface area contributed by atoms with Crippen molar-refractivity contribution in [1.82, 2.24) is 6.15 Å². The molecule has 0 spiro atoms. The van der Waals surface area contributed by atoms with E-state index in [1.807, 2.05) is 0 Å². The van der Waals surface area contributed by atoms with E-state index in [1.54, 1.807) is 0 Å². The molecule has 172 valence electrons. The van der Waals surface area contributed by atoms with Crippen molar-refractivity contribution in [3.8, 4) is 0 Å². The zero-order valence-electron chi connectivity index (χ0n) is 12.2. The second-order valence-corrected chi connectivity index (χ2v) is 6.12. The lowest BCUT2D eigenvalue weighted by molar-refractivity contribution is -0.434. The van der Waals surface area contributed by atoms with Gasteiger partial charge < -0.3 is 6.15 Å². The highest BCUT2D eigenvalue weighted by Crippen LogP contribution is 2.61. The summed E-state index contributed by atoms with van der Waals surface area (Å²) in [7, 11) is -7.06. The summed E-state index contributed by atoms with van der Waals surface area (Å²) in [6, 6.07) is 0. The van der Waals surface area contributed by atoms with Crippen LogP contribution in [0.3, 0.4) is 0 Å². The molecule has 1 unspecified atom stereocenters. The van der Waals surface area contributed by atoms with Crippen LogP contribution in [0.2, 0.25) is 0 Å². The smallest absolute Gasteiger partial charge is 0.344 e. The summed E-state index contributed by atoms with van der Waals surface area (Å²) in [5, 5.41) is 0. The van der Waals surface area contributed by atoms with Gasteiger partial charge in [0.15, 0.2) is 0 Å². The van der Waals surface area contributed by atoms with Crippen molar-refractivity contribution in [2.75, 3.05) is 0 Å². The van der Waals surface area contributed by atoms with Gasteiger partial charge in [-0.15, -0.1) is 0 Å². The fourth-order valence-electron chi connectivity index (χ4n) is 1.28. The molecule has 28 heavy (non-hydrogen) atoms. The van der Waals surface area contributed by atoms with Crippen molar-refractivity contribution in [2.45, 2.75) is 47.5 Å². The van der Waals surface area contributed by atoms with Gasteiger partial charge in [-0.1, -0.05) is 0 Å². The Hall–Kier alpha value is -1.18. The minimum Gasteiger partial charge on any atom is -0.344 e. The molecule has 1 atom stereocenters. The fraction of sp³-hybridized carbons (Fsp3) is 1.00. The highest BCUT2D eigenvalue weighted by molar-refractivity contribution is 7.86. The largest absolute Gasteiger partial charge is 0.384 e. The van der Waals surface area contributed by atoms with E-state index in [4.69, 9.17) is 4.55 Å². The number of halogens is 15. The minimum atomic E-state index is -8.44. The van der Waals surface area contributed by atoms with Crippen LogP contribution in [0, 0.1) is 0 Å². The monoisotopic (exact) mass is 481 g/mol. The lowest BCUT2D eigenvalue weighted by Crippen LogP contribution is -2.72. The molecule has 0 bridgehead atoms. The van der Waals surface area contributed by atoms with E-state index in [9.17, 15) is 74.3 Å². The first-order valence-corrected chi connectivity index (χ1v) is 7.00. The first kappa shape index (κ1) is 29.0. The maximum atomic E-state index is 13.0. The molecule has 0 saturated heterocycles. The summed E-state index contributed by atoms with van der Waals surface area (Å²) in [5.74, 6) is -48.3. The van der Waals surface area contributed by atoms with Crippen LogP contribution in [-0.2, 0) is 10.1 Å². The van der Waals surface area contributed by atoms with E-state index in [0.29, 0.717) is 0 Å². The molecule has 0 aromatic heterocycles. The second kappa shape index (κ2) is 7.26. The molecule has 0 aliphatic heterocycles.